The molecule has 0 amide bonds. The number of aliphatic hydroxyl groups excluding tert-OH is 1. The summed E-state index contributed by atoms with van der Waals surface area (Å²) in [7, 11) is 0. The van der Waals surface area contributed by atoms with Crippen LogP contribution in [0.4, 0.5) is 4.39 Å². The van der Waals surface area contributed by atoms with Crippen molar-refractivity contribution in [2.45, 2.75) is 33.0 Å². The van der Waals surface area contributed by atoms with Crippen molar-refractivity contribution in [3.63, 3.8) is 0 Å². The molecule has 0 saturated carbocycles. The lowest BCUT2D eigenvalue weighted by Crippen LogP contribution is -2.08. The Morgan fingerprint density at radius 3 is 2.43 bits per heavy atom. The van der Waals surface area contributed by atoms with Crippen molar-refractivity contribution in [1.29, 1.82) is 0 Å². The predicted octanol–water partition coefficient (Wildman–Crippen LogP) is 2.67. The number of rotatable bonds is 3. The first-order valence-electron chi connectivity index (χ1n) is 4.65. The van der Waals surface area contributed by atoms with Gasteiger partial charge in [-0.05, 0) is 32.9 Å². The zero-order valence-electron chi connectivity index (χ0n) is 8.62. The van der Waals surface area contributed by atoms with E-state index in [1.807, 2.05) is 13.8 Å². The molecule has 0 bridgehead atoms. The average molecular weight is 198 g/mol. The molecule has 0 aliphatic rings. The Labute approximate surface area is 83.3 Å². The van der Waals surface area contributed by atoms with Gasteiger partial charge in [-0.2, -0.15) is 0 Å². The molecule has 0 aliphatic heterocycles. The van der Waals surface area contributed by atoms with Gasteiger partial charge in [-0.3, -0.25) is 0 Å². The maximum atomic E-state index is 12.9. The van der Waals surface area contributed by atoms with Crippen molar-refractivity contribution >= 4 is 0 Å². The lowest BCUT2D eigenvalue weighted by molar-refractivity contribution is 0.182. The number of hydrogen-bond donors (Lipinski definition) is 1. The number of benzene rings is 1. The molecule has 0 aliphatic carbocycles. The quantitative estimate of drug-likeness (QED) is 0.809. The van der Waals surface area contributed by atoms with Crippen LogP contribution in [0.2, 0.25) is 0 Å². The van der Waals surface area contributed by atoms with Crippen LogP contribution in [0.15, 0.2) is 18.2 Å². The van der Waals surface area contributed by atoms with Crippen LogP contribution < -0.4 is 4.74 Å². The molecule has 0 fully saturated rings. The fraction of sp³-hybridized carbons (Fsp3) is 0.455. The van der Waals surface area contributed by atoms with Crippen LogP contribution in [0, 0.1) is 5.82 Å². The highest BCUT2D eigenvalue weighted by Crippen LogP contribution is 2.26. The molecular formula is C11H15FO2. The van der Waals surface area contributed by atoms with Crippen molar-refractivity contribution in [2.75, 3.05) is 0 Å². The van der Waals surface area contributed by atoms with Gasteiger partial charge in [0.2, 0.25) is 0 Å². The van der Waals surface area contributed by atoms with Crippen LogP contribution in [0.25, 0.3) is 0 Å². The van der Waals surface area contributed by atoms with E-state index in [2.05, 4.69) is 0 Å². The molecule has 0 radical (unpaired) electrons. The lowest BCUT2D eigenvalue weighted by Gasteiger charge is -2.15. The molecule has 1 rings (SSSR count). The molecule has 1 aromatic carbocycles. The van der Waals surface area contributed by atoms with Gasteiger partial charge in [0.15, 0.2) is 0 Å². The van der Waals surface area contributed by atoms with Crippen LogP contribution in [-0.4, -0.2) is 11.2 Å². The van der Waals surface area contributed by atoms with Gasteiger partial charge in [-0.1, -0.05) is 0 Å². The Morgan fingerprint density at radius 1 is 1.29 bits per heavy atom. The molecule has 1 N–H and O–H groups in total. The molecule has 14 heavy (non-hydrogen) atoms. The van der Waals surface area contributed by atoms with E-state index in [1.54, 1.807) is 6.92 Å². The van der Waals surface area contributed by atoms with Crippen molar-refractivity contribution in [3.8, 4) is 5.75 Å². The van der Waals surface area contributed by atoms with E-state index in [1.165, 1.54) is 18.2 Å². The van der Waals surface area contributed by atoms with Crippen LogP contribution in [0.1, 0.15) is 32.4 Å². The first-order valence-corrected chi connectivity index (χ1v) is 4.65. The fourth-order valence-electron chi connectivity index (χ4n) is 1.21. The molecule has 0 saturated heterocycles. The largest absolute Gasteiger partial charge is 0.491 e. The van der Waals surface area contributed by atoms with Gasteiger partial charge in [-0.25, -0.2) is 4.39 Å². The number of ether oxygens (including phenoxy) is 1. The third-order valence-electron chi connectivity index (χ3n) is 1.79. The Bertz CT molecular complexity index is 308. The van der Waals surface area contributed by atoms with E-state index < -0.39 is 6.10 Å². The second kappa shape index (κ2) is 4.42. The minimum Gasteiger partial charge on any atom is -0.491 e. The topological polar surface area (TPSA) is 29.5 Å². The molecule has 0 heterocycles. The molecule has 3 heteroatoms. The van der Waals surface area contributed by atoms with E-state index in [0.29, 0.717) is 11.3 Å². The smallest absolute Gasteiger partial charge is 0.128 e. The summed E-state index contributed by atoms with van der Waals surface area (Å²) in [5.74, 6) is 0.0556. The maximum absolute atomic E-state index is 12.9. The fourth-order valence-corrected chi connectivity index (χ4v) is 1.21. The molecule has 1 atom stereocenters. The zero-order chi connectivity index (χ0) is 10.7. The Morgan fingerprint density at radius 2 is 1.93 bits per heavy atom. The van der Waals surface area contributed by atoms with E-state index in [9.17, 15) is 9.50 Å². The van der Waals surface area contributed by atoms with Crippen LogP contribution in [0.3, 0.4) is 0 Å². The zero-order valence-corrected chi connectivity index (χ0v) is 8.62. The van der Waals surface area contributed by atoms with Crippen molar-refractivity contribution in [3.05, 3.63) is 29.6 Å². The average Bonchev–Trinajstić information content (AvgIpc) is 2.01. The monoisotopic (exact) mass is 198 g/mol. The van der Waals surface area contributed by atoms with Gasteiger partial charge >= 0.3 is 0 Å². The second-order valence-electron chi connectivity index (χ2n) is 3.52. The molecule has 0 spiro atoms. The molecule has 78 valence electrons. The van der Waals surface area contributed by atoms with Crippen LogP contribution in [-0.2, 0) is 0 Å². The molecular weight excluding hydrogens is 183 g/mol. The summed E-state index contributed by atoms with van der Waals surface area (Å²) in [6, 6.07) is 4.15. The van der Waals surface area contributed by atoms with Gasteiger partial charge in [0, 0.05) is 11.6 Å². The van der Waals surface area contributed by atoms with E-state index in [4.69, 9.17) is 4.74 Å². The summed E-state index contributed by atoms with van der Waals surface area (Å²) in [5.41, 5.74) is 0.611. The third-order valence-corrected chi connectivity index (χ3v) is 1.79. The normalized spacial score (nSPS) is 13.0. The highest BCUT2D eigenvalue weighted by molar-refractivity contribution is 5.35. The summed E-state index contributed by atoms with van der Waals surface area (Å²) < 4.78 is 18.3. The van der Waals surface area contributed by atoms with Crippen molar-refractivity contribution in [1.82, 2.24) is 0 Å². The van der Waals surface area contributed by atoms with Gasteiger partial charge in [0.1, 0.15) is 11.6 Å². The molecule has 0 aromatic heterocycles. The highest BCUT2D eigenvalue weighted by Gasteiger charge is 2.11. The summed E-state index contributed by atoms with van der Waals surface area (Å²) >= 11 is 0. The van der Waals surface area contributed by atoms with E-state index in [0.717, 1.165) is 0 Å². The predicted molar refractivity (Wildman–Crippen MR) is 52.8 cm³/mol. The Hall–Kier alpha value is -1.09. The van der Waals surface area contributed by atoms with Gasteiger partial charge < -0.3 is 9.84 Å². The Balaban J connectivity index is 3.03. The third kappa shape index (κ3) is 2.70. The number of hydrogen-bond acceptors (Lipinski definition) is 2. The SMILES string of the molecule is CC(C)Oc1cc(F)ccc1C(C)O. The lowest BCUT2D eigenvalue weighted by atomic mass is 10.1. The van der Waals surface area contributed by atoms with Gasteiger partial charge in [-0.15, -0.1) is 0 Å². The first-order chi connectivity index (χ1) is 6.50. The number of halogens is 1. The van der Waals surface area contributed by atoms with Gasteiger partial charge in [0.05, 0.1) is 12.2 Å². The number of aliphatic hydroxyl groups is 1. The minimum atomic E-state index is -0.649. The Kier molecular flexibility index (Phi) is 3.47. The standard InChI is InChI=1S/C11H15FO2/c1-7(2)14-11-6-9(12)4-5-10(11)8(3)13/h4-8,13H,1-3H3. The highest BCUT2D eigenvalue weighted by atomic mass is 19.1. The first kappa shape index (κ1) is 11.0. The maximum Gasteiger partial charge on any atom is 0.128 e. The molecule has 2 nitrogen and oxygen atoms in total. The van der Waals surface area contributed by atoms with E-state index >= 15 is 0 Å². The summed E-state index contributed by atoms with van der Waals surface area (Å²) in [6.45, 7) is 5.34. The van der Waals surface area contributed by atoms with Crippen LogP contribution in [0.5, 0.6) is 5.75 Å². The van der Waals surface area contributed by atoms with Crippen molar-refractivity contribution < 1.29 is 14.2 Å². The molecule has 1 unspecified atom stereocenters. The summed E-state index contributed by atoms with van der Waals surface area (Å²) in [4.78, 5) is 0. The molecule has 1 aromatic rings. The van der Waals surface area contributed by atoms with E-state index in [-0.39, 0.29) is 11.9 Å². The second-order valence-corrected chi connectivity index (χ2v) is 3.52. The summed E-state index contributed by atoms with van der Waals surface area (Å²) in [6.07, 6.45) is -0.682. The minimum absolute atomic E-state index is 0.0331. The van der Waals surface area contributed by atoms with Gasteiger partial charge in [0.25, 0.3) is 0 Å². The van der Waals surface area contributed by atoms with Crippen molar-refractivity contribution in [2.24, 2.45) is 0 Å². The summed E-state index contributed by atoms with van der Waals surface area (Å²) in [5, 5.41) is 9.41. The van der Waals surface area contributed by atoms with Crippen LogP contribution >= 0.6 is 0 Å².